The molecule has 2 aromatic heterocycles. The van der Waals surface area contributed by atoms with Gasteiger partial charge in [-0.25, -0.2) is 4.98 Å². The van der Waals surface area contributed by atoms with Crippen LogP contribution in [0.15, 0.2) is 42.6 Å². The third kappa shape index (κ3) is 3.53. The largest absolute Gasteiger partial charge is 0.366 e. The van der Waals surface area contributed by atoms with Crippen molar-refractivity contribution in [3.63, 3.8) is 0 Å². The third-order valence-electron chi connectivity index (χ3n) is 4.96. The number of amides is 1. The Bertz CT molecular complexity index is 947. The number of nitrogens with zero attached hydrogens (tertiary/aromatic N) is 1. The molecule has 6 heteroatoms. The minimum atomic E-state index is -0.153. The van der Waals surface area contributed by atoms with Gasteiger partial charge in [-0.3, -0.25) is 4.79 Å². The maximum Gasteiger partial charge on any atom is 0.226 e. The summed E-state index contributed by atoms with van der Waals surface area (Å²) in [6.45, 7) is 3.10. The van der Waals surface area contributed by atoms with Crippen LogP contribution in [0.25, 0.3) is 10.9 Å². The molecule has 134 valence electrons. The maximum absolute atomic E-state index is 12.1. The van der Waals surface area contributed by atoms with Gasteiger partial charge in [-0.1, -0.05) is 24.6 Å². The van der Waals surface area contributed by atoms with Crippen molar-refractivity contribution in [2.45, 2.75) is 32.9 Å². The summed E-state index contributed by atoms with van der Waals surface area (Å²) >= 11 is 6.43. The van der Waals surface area contributed by atoms with Crippen LogP contribution >= 0.6 is 11.6 Å². The highest BCUT2D eigenvalue weighted by atomic mass is 35.5. The summed E-state index contributed by atoms with van der Waals surface area (Å²) < 4.78 is 0. The van der Waals surface area contributed by atoms with Crippen molar-refractivity contribution in [3.8, 4) is 0 Å². The van der Waals surface area contributed by atoms with E-state index in [9.17, 15) is 4.79 Å². The van der Waals surface area contributed by atoms with Gasteiger partial charge in [-0.05, 0) is 48.7 Å². The quantitative estimate of drug-likeness (QED) is 0.609. The van der Waals surface area contributed by atoms with Crippen molar-refractivity contribution < 1.29 is 4.79 Å². The van der Waals surface area contributed by atoms with Crippen molar-refractivity contribution in [1.82, 2.24) is 15.3 Å². The molecule has 0 unspecified atom stereocenters. The molecule has 4 rings (SSSR count). The first-order valence-corrected chi connectivity index (χ1v) is 9.14. The average molecular weight is 369 g/mol. The molecule has 3 N–H and O–H groups in total. The van der Waals surface area contributed by atoms with E-state index in [0.29, 0.717) is 18.1 Å². The fourth-order valence-corrected chi connectivity index (χ4v) is 3.18. The first-order valence-electron chi connectivity index (χ1n) is 8.77. The van der Waals surface area contributed by atoms with Crippen molar-refractivity contribution >= 4 is 34.2 Å². The van der Waals surface area contributed by atoms with Gasteiger partial charge in [0.05, 0.1) is 6.54 Å². The highest BCUT2D eigenvalue weighted by molar-refractivity contribution is 6.32. The number of halogens is 1. The summed E-state index contributed by atoms with van der Waals surface area (Å²) in [6, 6.07) is 11.8. The summed E-state index contributed by atoms with van der Waals surface area (Å²) in [4.78, 5) is 19.7. The average Bonchev–Trinajstić information content (AvgIpc) is 3.27. The van der Waals surface area contributed by atoms with Gasteiger partial charge in [-0.15, -0.1) is 0 Å². The predicted molar refractivity (Wildman–Crippen MR) is 104 cm³/mol. The number of nitrogens with one attached hydrogen (secondary N) is 3. The number of fused-ring (bicyclic) bond motifs is 1. The number of benzene rings is 1. The maximum atomic E-state index is 12.1. The first kappa shape index (κ1) is 16.9. The van der Waals surface area contributed by atoms with Crippen LogP contribution in [0, 0.1) is 5.41 Å². The van der Waals surface area contributed by atoms with Crippen LogP contribution in [0.1, 0.15) is 31.0 Å². The lowest BCUT2D eigenvalue weighted by Gasteiger charge is -2.08. The van der Waals surface area contributed by atoms with Crippen molar-refractivity contribution in [3.05, 3.63) is 58.9 Å². The zero-order valence-corrected chi connectivity index (χ0v) is 15.4. The second kappa shape index (κ2) is 6.65. The van der Waals surface area contributed by atoms with Crippen LogP contribution < -0.4 is 10.6 Å². The minimum absolute atomic E-state index is 0.134. The number of hydrogen-bond donors (Lipinski definition) is 3. The molecule has 1 saturated carbocycles. The van der Waals surface area contributed by atoms with E-state index >= 15 is 0 Å². The Kier molecular flexibility index (Phi) is 4.32. The lowest BCUT2D eigenvalue weighted by atomic mass is 10.1. The number of aromatic amines is 1. The molecule has 0 aliphatic heterocycles. The van der Waals surface area contributed by atoms with Gasteiger partial charge in [-0.2, -0.15) is 0 Å². The van der Waals surface area contributed by atoms with Crippen LogP contribution in [0.3, 0.4) is 0 Å². The Labute approximate surface area is 157 Å². The Morgan fingerprint density at radius 2 is 2.12 bits per heavy atom. The molecular formula is C20H21ClN4O. The van der Waals surface area contributed by atoms with E-state index in [2.05, 4.69) is 20.6 Å². The van der Waals surface area contributed by atoms with Crippen LogP contribution in [0.4, 0.5) is 5.82 Å². The normalized spacial score (nSPS) is 15.0. The molecule has 1 amide bonds. The van der Waals surface area contributed by atoms with Crippen molar-refractivity contribution in [2.75, 3.05) is 5.32 Å². The number of hydrogen-bond acceptors (Lipinski definition) is 3. The molecular weight excluding hydrogens is 348 g/mol. The molecule has 1 aromatic carbocycles. The first-order chi connectivity index (χ1) is 12.5. The molecule has 1 aliphatic rings. The standard InChI is InChI=1S/C20H21ClN4O/c1-20(5-6-20)19(26)24-12-15-8-13-9-16(21)14(10-17(13)25-15)11-23-18-4-2-3-7-22-18/h2-4,7-10,25H,5-6,11-12H2,1H3,(H,22,23)(H,24,26). The molecule has 0 spiro atoms. The van der Waals surface area contributed by atoms with E-state index in [1.807, 2.05) is 43.3 Å². The van der Waals surface area contributed by atoms with Gasteiger partial charge < -0.3 is 15.6 Å². The predicted octanol–water partition coefficient (Wildman–Crippen LogP) is 4.24. The summed E-state index contributed by atoms with van der Waals surface area (Å²) in [5.41, 5.74) is 2.82. The Morgan fingerprint density at radius 3 is 2.85 bits per heavy atom. The molecule has 0 bridgehead atoms. The molecule has 1 aliphatic carbocycles. The highest BCUT2D eigenvalue weighted by Crippen LogP contribution is 2.45. The molecule has 26 heavy (non-hydrogen) atoms. The number of rotatable bonds is 6. The summed E-state index contributed by atoms with van der Waals surface area (Å²) in [5.74, 6) is 0.946. The van der Waals surface area contributed by atoms with Crippen LogP contribution in [-0.2, 0) is 17.9 Å². The number of anilines is 1. The van der Waals surface area contributed by atoms with Gasteiger partial charge >= 0.3 is 0 Å². The Morgan fingerprint density at radius 1 is 1.27 bits per heavy atom. The number of aromatic nitrogens is 2. The van der Waals surface area contributed by atoms with E-state index in [1.165, 1.54) is 0 Å². The number of pyridine rings is 1. The molecule has 0 atom stereocenters. The molecule has 0 saturated heterocycles. The van der Waals surface area contributed by atoms with E-state index in [1.54, 1.807) is 6.20 Å². The van der Waals surface area contributed by atoms with Crippen molar-refractivity contribution in [1.29, 1.82) is 0 Å². The molecule has 0 radical (unpaired) electrons. The second-order valence-corrected chi connectivity index (χ2v) is 7.54. The number of carbonyl (C=O) groups excluding carboxylic acids is 1. The SMILES string of the molecule is CC1(C(=O)NCc2cc3cc(Cl)c(CNc4ccccn4)cc3[nH]2)CC1. The molecule has 5 nitrogen and oxygen atoms in total. The van der Waals surface area contributed by atoms with Crippen LogP contribution in [0.2, 0.25) is 5.02 Å². The zero-order valence-electron chi connectivity index (χ0n) is 14.6. The topological polar surface area (TPSA) is 69.8 Å². The van der Waals surface area contributed by atoms with Gasteiger partial charge in [0.25, 0.3) is 0 Å². The monoisotopic (exact) mass is 368 g/mol. The third-order valence-corrected chi connectivity index (χ3v) is 5.31. The summed E-state index contributed by atoms with van der Waals surface area (Å²) in [5, 5.41) is 8.03. The van der Waals surface area contributed by atoms with Gasteiger partial charge in [0.1, 0.15) is 5.82 Å². The zero-order chi connectivity index (χ0) is 18.1. The van der Waals surface area contributed by atoms with Crippen molar-refractivity contribution in [2.24, 2.45) is 5.41 Å². The van der Waals surface area contributed by atoms with Crippen LogP contribution in [0.5, 0.6) is 0 Å². The number of H-pyrrole nitrogens is 1. The van der Waals surface area contributed by atoms with Crippen LogP contribution in [-0.4, -0.2) is 15.9 Å². The van der Waals surface area contributed by atoms with Gasteiger partial charge in [0.15, 0.2) is 0 Å². The lowest BCUT2D eigenvalue weighted by molar-refractivity contribution is -0.125. The lowest BCUT2D eigenvalue weighted by Crippen LogP contribution is -2.29. The fourth-order valence-electron chi connectivity index (χ4n) is 2.95. The van der Waals surface area contributed by atoms with E-state index in [0.717, 1.165) is 40.8 Å². The van der Waals surface area contributed by atoms with E-state index < -0.39 is 0 Å². The smallest absolute Gasteiger partial charge is 0.226 e. The Hall–Kier alpha value is -2.53. The van der Waals surface area contributed by atoms with E-state index in [-0.39, 0.29) is 11.3 Å². The minimum Gasteiger partial charge on any atom is -0.366 e. The summed E-state index contributed by atoms with van der Waals surface area (Å²) in [6.07, 6.45) is 3.71. The van der Waals surface area contributed by atoms with Gasteiger partial charge in [0, 0.05) is 39.8 Å². The molecule has 2 heterocycles. The summed E-state index contributed by atoms with van der Waals surface area (Å²) in [7, 11) is 0. The highest BCUT2D eigenvalue weighted by Gasteiger charge is 2.44. The second-order valence-electron chi connectivity index (χ2n) is 7.14. The Balaban J connectivity index is 1.46. The van der Waals surface area contributed by atoms with Gasteiger partial charge in [0.2, 0.25) is 5.91 Å². The van der Waals surface area contributed by atoms with E-state index in [4.69, 9.17) is 11.6 Å². The molecule has 1 fully saturated rings. The number of carbonyl (C=O) groups is 1. The fraction of sp³-hybridized carbons (Fsp3) is 0.300. The molecule has 3 aromatic rings.